The van der Waals surface area contributed by atoms with Crippen LogP contribution in [0.5, 0.6) is 0 Å². The molecular formula is C13H21N3OS. The van der Waals surface area contributed by atoms with Crippen molar-refractivity contribution in [3.63, 3.8) is 0 Å². The average molecular weight is 267 g/mol. The van der Waals surface area contributed by atoms with Gasteiger partial charge in [0.05, 0.1) is 17.5 Å². The number of nitrogens with one attached hydrogen (secondary N) is 1. The number of hydrogen-bond acceptors (Lipinski definition) is 4. The Bertz CT molecular complexity index is 554. The summed E-state index contributed by atoms with van der Waals surface area (Å²) in [5.74, 6) is 0. The van der Waals surface area contributed by atoms with Crippen molar-refractivity contribution in [1.29, 1.82) is 0 Å². The van der Waals surface area contributed by atoms with E-state index in [2.05, 4.69) is 27.0 Å². The summed E-state index contributed by atoms with van der Waals surface area (Å²) >= 11 is 1.66. The molecule has 0 saturated heterocycles. The molecule has 1 unspecified atom stereocenters. The van der Waals surface area contributed by atoms with Crippen LogP contribution in [0.4, 0.5) is 0 Å². The number of aromatic nitrogens is 2. The standard InChI is InChI=1S/C13H21N3OS/c1-8-7-18-12-15-9(2)11(16(8)12)6-14-13(4,5)10(3)17/h7,10,14,17H,6H2,1-5H3. The van der Waals surface area contributed by atoms with Crippen LogP contribution in [0.1, 0.15) is 37.9 Å². The number of aliphatic hydroxyl groups excluding tert-OH is 1. The quantitative estimate of drug-likeness (QED) is 0.893. The van der Waals surface area contributed by atoms with E-state index in [1.807, 2.05) is 27.7 Å². The van der Waals surface area contributed by atoms with Crippen LogP contribution < -0.4 is 5.32 Å². The lowest BCUT2D eigenvalue weighted by Crippen LogP contribution is -2.47. The van der Waals surface area contributed by atoms with Crippen LogP contribution in [0.15, 0.2) is 5.38 Å². The van der Waals surface area contributed by atoms with Crippen LogP contribution in [0.2, 0.25) is 0 Å². The molecule has 0 fully saturated rings. The van der Waals surface area contributed by atoms with Crippen molar-refractivity contribution in [2.45, 2.75) is 52.8 Å². The van der Waals surface area contributed by atoms with Gasteiger partial charge < -0.3 is 10.4 Å². The van der Waals surface area contributed by atoms with Gasteiger partial charge in [-0.25, -0.2) is 4.98 Å². The van der Waals surface area contributed by atoms with Crippen molar-refractivity contribution >= 4 is 16.3 Å². The second-order valence-electron chi connectivity index (χ2n) is 5.39. The van der Waals surface area contributed by atoms with Gasteiger partial charge in [0.25, 0.3) is 0 Å². The Morgan fingerprint density at radius 2 is 2.17 bits per heavy atom. The highest BCUT2D eigenvalue weighted by atomic mass is 32.1. The Morgan fingerprint density at radius 3 is 2.78 bits per heavy atom. The second kappa shape index (κ2) is 4.64. The summed E-state index contributed by atoms with van der Waals surface area (Å²) < 4.78 is 2.19. The van der Waals surface area contributed by atoms with Gasteiger partial charge in [0.15, 0.2) is 4.96 Å². The number of fused-ring (bicyclic) bond motifs is 1. The molecule has 0 bridgehead atoms. The smallest absolute Gasteiger partial charge is 0.194 e. The second-order valence-corrected chi connectivity index (χ2v) is 6.23. The maximum atomic E-state index is 9.72. The summed E-state index contributed by atoms with van der Waals surface area (Å²) in [5, 5.41) is 15.2. The molecule has 2 aromatic heterocycles. The molecule has 100 valence electrons. The van der Waals surface area contributed by atoms with Crippen molar-refractivity contribution in [2.24, 2.45) is 0 Å². The van der Waals surface area contributed by atoms with Crippen LogP contribution in [0.25, 0.3) is 4.96 Å². The number of imidazole rings is 1. The molecule has 4 nitrogen and oxygen atoms in total. The first-order valence-electron chi connectivity index (χ1n) is 6.18. The Balaban J connectivity index is 2.26. The molecule has 0 spiro atoms. The Morgan fingerprint density at radius 1 is 1.50 bits per heavy atom. The van der Waals surface area contributed by atoms with Gasteiger partial charge in [-0.15, -0.1) is 11.3 Å². The van der Waals surface area contributed by atoms with Crippen molar-refractivity contribution in [2.75, 3.05) is 0 Å². The zero-order valence-corrected chi connectivity index (χ0v) is 12.4. The minimum absolute atomic E-state index is 0.305. The van der Waals surface area contributed by atoms with Gasteiger partial charge >= 0.3 is 0 Å². The topological polar surface area (TPSA) is 49.6 Å². The van der Waals surface area contributed by atoms with Gasteiger partial charge in [-0.3, -0.25) is 4.40 Å². The molecule has 0 aliphatic rings. The van der Waals surface area contributed by atoms with Crippen LogP contribution in [0, 0.1) is 13.8 Å². The van der Waals surface area contributed by atoms with Crippen LogP contribution >= 0.6 is 11.3 Å². The lowest BCUT2D eigenvalue weighted by Gasteiger charge is -2.29. The average Bonchev–Trinajstić information content (AvgIpc) is 2.76. The van der Waals surface area contributed by atoms with E-state index in [0.29, 0.717) is 6.54 Å². The van der Waals surface area contributed by atoms with Gasteiger partial charge in [0, 0.05) is 23.2 Å². The Hall–Kier alpha value is -0.910. The monoisotopic (exact) mass is 267 g/mol. The van der Waals surface area contributed by atoms with Gasteiger partial charge in [-0.1, -0.05) is 0 Å². The predicted octanol–water partition coefficient (Wildman–Crippen LogP) is 2.26. The van der Waals surface area contributed by atoms with Gasteiger partial charge in [0.1, 0.15) is 0 Å². The Labute approximate surface area is 112 Å². The Kier molecular flexibility index (Phi) is 3.49. The molecule has 0 saturated carbocycles. The molecule has 18 heavy (non-hydrogen) atoms. The maximum absolute atomic E-state index is 9.72. The fourth-order valence-electron chi connectivity index (χ4n) is 1.83. The van der Waals surface area contributed by atoms with E-state index in [-0.39, 0.29) is 5.54 Å². The van der Waals surface area contributed by atoms with Crippen molar-refractivity contribution in [3.05, 3.63) is 22.5 Å². The molecule has 2 heterocycles. The SMILES string of the molecule is Cc1nc2scc(C)n2c1CNC(C)(C)C(C)O. The number of aryl methyl sites for hydroxylation is 2. The third-order valence-corrected chi connectivity index (χ3v) is 4.53. The van der Waals surface area contributed by atoms with Gasteiger partial charge in [-0.2, -0.15) is 0 Å². The first kappa shape index (κ1) is 13.5. The minimum Gasteiger partial charge on any atom is -0.392 e. The maximum Gasteiger partial charge on any atom is 0.194 e. The number of thiazole rings is 1. The first-order valence-corrected chi connectivity index (χ1v) is 7.06. The predicted molar refractivity (Wildman–Crippen MR) is 75.1 cm³/mol. The molecular weight excluding hydrogens is 246 g/mol. The van der Waals surface area contributed by atoms with Crippen LogP contribution in [0.3, 0.4) is 0 Å². The first-order chi connectivity index (χ1) is 8.33. The van der Waals surface area contributed by atoms with E-state index >= 15 is 0 Å². The fourth-order valence-corrected chi connectivity index (χ4v) is 2.77. The molecule has 1 atom stereocenters. The number of rotatable bonds is 4. The summed E-state index contributed by atoms with van der Waals surface area (Å²) in [6.45, 7) is 10.7. The van der Waals surface area contributed by atoms with E-state index in [9.17, 15) is 5.11 Å². The molecule has 0 aliphatic heterocycles. The summed E-state index contributed by atoms with van der Waals surface area (Å²) in [4.78, 5) is 5.60. The zero-order chi connectivity index (χ0) is 13.5. The zero-order valence-electron chi connectivity index (χ0n) is 11.6. The van der Waals surface area contributed by atoms with E-state index in [1.54, 1.807) is 11.3 Å². The molecule has 0 aromatic carbocycles. The normalized spacial score (nSPS) is 14.3. The van der Waals surface area contributed by atoms with Crippen molar-refractivity contribution < 1.29 is 5.11 Å². The van der Waals surface area contributed by atoms with Crippen molar-refractivity contribution in [3.8, 4) is 0 Å². The number of hydrogen-bond donors (Lipinski definition) is 2. The summed E-state index contributed by atoms with van der Waals surface area (Å²) in [6, 6.07) is 0. The fraction of sp³-hybridized carbons (Fsp3) is 0.615. The summed E-state index contributed by atoms with van der Waals surface area (Å²) in [6.07, 6.45) is -0.398. The molecule has 0 amide bonds. The molecule has 2 rings (SSSR count). The third kappa shape index (κ3) is 2.30. The molecule has 5 heteroatoms. The molecule has 2 aromatic rings. The largest absolute Gasteiger partial charge is 0.392 e. The van der Waals surface area contributed by atoms with E-state index in [4.69, 9.17) is 0 Å². The van der Waals surface area contributed by atoms with Crippen LogP contribution in [-0.4, -0.2) is 26.1 Å². The van der Waals surface area contributed by atoms with E-state index in [1.165, 1.54) is 11.4 Å². The van der Waals surface area contributed by atoms with Gasteiger partial charge in [0.2, 0.25) is 0 Å². The van der Waals surface area contributed by atoms with E-state index < -0.39 is 6.10 Å². The highest BCUT2D eigenvalue weighted by Gasteiger charge is 2.24. The van der Waals surface area contributed by atoms with Gasteiger partial charge in [-0.05, 0) is 34.6 Å². The minimum atomic E-state index is -0.398. The summed E-state index contributed by atoms with van der Waals surface area (Å²) in [7, 11) is 0. The van der Waals surface area contributed by atoms with Crippen molar-refractivity contribution in [1.82, 2.24) is 14.7 Å². The molecule has 0 aliphatic carbocycles. The highest BCUT2D eigenvalue weighted by molar-refractivity contribution is 7.15. The lowest BCUT2D eigenvalue weighted by atomic mass is 9.99. The van der Waals surface area contributed by atoms with E-state index in [0.717, 1.165) is 10.7 Å². The number of nitrogens with zero attached hydrogens (tertiary/aromatic N) is 2. The summed E-state index contributed by atoms with van der Waals surface area (Å²) in [5.41, 5.74) is 3.14. The number of aliphatic hydroxyl groups is 1. The molecule has 2 N–H and O–H groups in total. The highest BCUT2D eigenvalue weighted by Crippen LogP contribution is 2.21. The lowest BCUT2D eigenvalue weighted by molar-refractivity contribution is 0.0953. The van der Waals surface area contributed by atoms with Crippen LogP contribution in [-0.2, 0) is 6.54 Å². The molecule has 0 radical (unpaired) electrons. The third-order valence-electron chi connectivity index (χ3n) is 3.59.